The first-order valence-electron chi connectivity index (χ1n) is 5.04. The summed E-state index contributed by atoms with van der Waals surface area (Å²) in [5, 5.41) is 4.01. The Kier molecular flexibility index (Phi) is 3.17. The maximum Gasteiger partial charge on any atom is 0.231 e. The molecular formula is C11H13N3OS. The predicted molar refractivity (Wildman–Crippen MR) is 65.2 cm³/mol. The highest BCUT2D eigenvalue weighted by atomic mass is 32.1. The number of hydrogen-bond acceptors (Lipinski definition) is 4. The summed E-state index contributed by atoms with van der Waals surface area (Å²) in [5.74, 6) is -0.354. The van der Waals surface area contributed by atoms with Crippen molar-refractivity contribution in [3.05, 3.63) is 29.3 Å². The zero-order valence-electron chi connectivity index (χ0n) is 8.93. The lowest BCUT2D eigenvalue weighted by molar-refractivity contribution is -0.117. The van der Waals surface area contributed by atoms with Crippen LogP contribution in [0.5, 0.6) is 0 Å². The molecule has 3 N–H and O–H groups in total. The van der Waals surface area contributed by atoms with Crippen LogP contribution in [0.25, 0.3) is 10.2 Å². The zero-order chi connectivity index (χ0) is 11.5. The van der Waals surface area contributed by atoms with E-state index in [0.717, 1.165) is 15.2 Å². The number of para-hydroxylation sites is 1. The van der Waals surface area contributed by atoms with Crippen LogP contribution in [0.4, 0.5) is 0 Å². The summed E-state index contributed by atoms with van der Waals surface area (Å²) in [6, 6.07) is 8.02. The van der Waals surface area contributed by atoms with E-state index in [1.165, 1.54) is 0 Å². The molecule has 1 aromatic carbocycles. The van der Waals surface area contributed by atoms with Crippen LogP contribution in [0, 0.1) is 0 Å². The molecule has 0 aliphatic carbocycles. The van der Waals surface area contributed by atoms with Crippen molar-refractivity contribution in [2.75, 3.05) is 6.54 Å². The third-order valence-corrected chi connectivity index (χ3v) is 3.48. The standard InChI is InChI=1S/C11H13N3OS/c1-7(13-6-10(12)15)11-14-8-4-2-3-5-9(8)16-11/h2-5,7,13H,6H2,1H3,(H2,12,15). The first-order valence-corrected chi connectivity index (χ1v) is 5.85. The van der Waals surface area contributed by atoms with E-state index in [2.05, 4.69) is 10.3 Å². The molecule has 84 valence electrons. The van der Waals surface area contributed by atoms with Crippen molar-refractivity contribution in [2.24, 2.45) is 5.73 Å². The fourth-order valence-corrected chi connectivity index (χ4v) is 2.41. The smallest absolute Gasteiger partial charge is 0.231 e. The number of aromatic nitrogens is 1. The van der Waals surface area contributed by atoms with Gasteiger partial charge in [0.1, 0.15) is 5.01 Å². The molecule has 1 atom stereocenters. The minimum absolute atomic E-state index is 0.0462. The third kappa shape index (κ3) is 2.37. The highest BCUT2D eigenvalue weighted by molar-refractivity contribution is 7.18. The summed E-state index contributed by atoms with van der Waals surface area (Å²) in [7, 11) is 0. The van der Waals surface area contributed by atoms with E-state index < -0.39 is 0 Å². The summed E-state index contributed by atoms with van der Waals surface area (Å²) < 4.78 is 1.16. The molecule has 5 heteroatoms. The number of hydrogen-bond donors (Lipinski definition) is 2. The molecule has 0 saturated carbocycles. The molecule has 0 spiro atoms. The average molecular weight is 235 g/mol. The molecule has 0 aliphatic heterocycles. The van der Waals surface area contributed by atoms with Gasteiger partial charge >= 0.3 is 0 Å². The van der Waals surface area contributed by atoms with Gasteiger partial charge in [-0.25, -0.2) is 4.98 Å². The van der Waals surface area contributed by atoms with Crippen molar-refractivity contribution < 1.29 is 4.79 Å². The Bertz CT molecular complexity index is 476. The van der Waals surface area contributed by atoms with Crippen LogP contribution in [-0.4, -0.2) is 17.4 Å². The van der Waals surface area contributed by atoms with E-state index in [-0.39, 0.29) is 18.5 Å². The third-order valence-electron chi connectivity index (χ3n) is 2.26. The molecule has 16 heavy (non-hydrogen) atoms. The zero-order valence-corrected chi connectivity index (χ0v) is 9.75. The maximum atomic E-state index is 10.6. The Morgan fingerprint density at radius 2 is 2.31 bits per heavy atom. The number of carbonyl (C=O) groups is 1. The van der Waals surface area contributed by atoms with E-state index in [1.807, 2.05) is 31.2 Å². The molecule has 1 aromatic heterocycles. The highest BCUT2D eigenvalue weighted by Gasteiger charge is 2.11. The van der Waals surface area contributed by atoms with Gasteiger partial charge in [-0.1, -0.05) is 12.1 Å². The summed E-state index contributed by atoms with van der Waals surface area (Å²) >= 11 is 1.63. The quantitative estimate of drug-likeness (QED) is 0.842. The molecule has 2 aromatic rings. The van der Waals surface area contributed by atoms with Gasteiger partial charge < -0.3 is 5.73 Å². The van der Waals surface area contributed by atoms with Crippen molar-refractivity contribution in [1.29, 1.82) is 0 Å². The molecule has 0 aliphatic rings. The van der Waals surface area contributed by atoms with Gasteiger partial charge in [0.15, 0.2) is 0 Å². The van der Waals surface area contributed by atoms with E-state index in [4.69, 9.17) is 5.73 Å². The Balaban J connectivity index is 2.16. The summed E-state index contributed by atoms with van der Waals surface area (Å²) in [6.07, 6.45) is 0. The second-order valence-electron chi connectivity index (χ2n) is 3.59. The number of nitrogens with zero attached hydrogens (tertiary/aromatic N) is 1. The highest BCUT2D eigenvalue weighted by Crippen LogP contribution is 2.25. The van der Waals surface area contributed by atoms with Gasteiger partial charge in [-0.15, -0.1) is 11.3 Å². The number of thiazole rings is 1. The number of nitrogens with two attached hydrogens (primary N) is 1. The molecule has 0 fully saturated rings. The number of rotatable bonds is 4. The summed E-state index contributed by atoms with van der Waals surface area (Å²) in [5.41, 5.74) is 6.07. The second kappa shape index (κ2) is 4.59. The lowest BCUT2D eigenvalue weighted by Crippen LogP contribution is -2.30. The van der Waals surface area contributed by atoms with Gasteiger partial charge in [-0.05, 0) is 19.1 Å². The fraction of sp³-hybridized carbons (Fsp3) is 0.273. The largest absolute Gasteiger partial charge is 0.369 e. The maximum absolute atomic E-state index is 10.6. The van der Waals surface area contributed by atoms with Crippen molar-refractivity contribution in [1.82, 2.24) is 10.3 Å². The van der Waals surface area contributed by atoms with Crippen LogP contribution in [-0.2, 0) is 4.79 Å². The molecule has 0 saturated heterocycles. The van der Waals surface area contributed by atoms with Crippen LogP contribution < -0.4 is 11.1 Å². The molecule has 1 amide bonds. The normalized spacial score (nSPS) is 12.8. The van der Waals surface area contributed by atoms with Crippen molar-refractivity contribution in [3.8, 4) is 0 Å². The van der Waals surface area contributed by atoms with Gasteiger partial charge in [-0.2, -0.15) is 0 Å². The Morgan fingerprint density at radius 3 is 3.00 bits per heavy atom. The first-order chi connectivity index (χ1) is 7.66. The molecular weight excluding hydrogens is 222 g/mol. The van der Waals surface area contributed by atoms with Gasteiger partial charge in [-0.3, -0.25) is 10.1 Å². The molecule has 4 nitrogen and oxygen atoms in total. The molecule has 0 radical (unpaired) electrons. The summed E-state index contributed by atoms with van der Waals surface area (Å²) in [4.78, 5) is 15.1. The molecule has 0 bridgehead atoms. The van der Waals surface area contributed by atoms with Crippen molar-refractivity contribution >= 4 is 27.5 Å². The van der Waals surface area contributed by atoms with Crippen LogP contribution >= 0.6 is 11.3 Å². The van der Waals surface area contributed by atoms with E-state index in [1.54, 1.807) is 11.3 Å². The number of primary amides is 1. The number of amides is 1. The van der Waals surface area contributed by atoms with E-state index >= 15 is 0 Å². The number of carbonyl (C=O) groups excluding carboxylic acids is 1. The fourth-order valence-electron chi connectivity index (χ4n) is 1.42. The van der Waals surface area contributed by atoms with Crippen LogP contribution in [0.3, 0.4) is 0 Å². The van der Waals surface area contributed by atoms with Crippen molar-refractivity contribution in [3.63, 3.8) is 0 Å². The monoisotopic (exact) mass is 235 g/mol. The average Bonchev–Trinajstić information content (AvgIpc) is 2.69. The molecule has 1 heterocycles. The predicted octanol–water partition coefficient (Wildman–Crippen LogP) is 1.43. The van der Waals surface area contributed by atoms with Gasteiger partial charge in [0, 0.05) is 0 Å². The minimum atomic E-state index is -0.354. The topological polar surface area (TPSA) is 68.0 Å². The number of nitrogens with one attached hydrogen (secondary N) is 1. The van der Waals surface area contributed by atoms with Crippen LogP contribution in [0.1, 0.15) is 18.0 Å². The van der Waals surface area contributed by atoms with Gasteiger partial charge in [0.25, 0.3) is 0 Å². The SMILES string of the molecule is CC(NCC(N)=O)c1nc2ccccc2s1. The van der Waals surface area contributed by atoms with E-state index in [0.29, 0.717) is 0 Å². The van der Waals surface area contributed by atoms with Gasteiger partial charge in [0.05, 0.1) is 22.8 Å². The minimum Gasteiger partial charge on any atom is -0.369 e. The Labute approximate surface area is 97.5 Å². The first kappa shape index (κ1) is 11.0. The van der Waals surface area contributed by atoms with Crippen molar-refractivity contribution in [2.45, 2.75) is 13.0 Å². The van der Waals surface area contributed by atoms with E-state index in [9.17, 15) is 4.79 Å². The van der Waals surface area contributed by atoms with Crippen LogP contribution in [0.15, 0.2) is 24.3 Å². The number of fused-ring (bicyclic) bond motifs is 1. The Hall–Kier alpha value is -1.46. The number of benzene rings is 1. The molecule has 1 unspecified atom stereocenters. The Morgan fingerprint density at radius 1 is 1.56 bits per heavy atom. The molecule has 2 rings (SSSR count). The lowest BCUT2D eigenvalue weighted by atomic mass is 10.3. The lowest BCUT2D eigenvalue weighted by Gasteiger charge is -2.08. The van der Waals surface area contributed by atoms with Gasteiger partial charge in [0.2, 0.25) is 5.91 Å². The summed E-state index contributed by atoms with van der Waals surface area (Å²) in [6.45, 7) is 2.15. The second-order valence-corrected chi connectivity index (χ2v) is 4.65. The van der Waals surface area contributed by atoms with Crippen LogP contribution in [0.2, 0.25) is 0 Å².